The predicted molar refractivity (Wildman–Crippen MR) is 130 cm³/mol. The van der Waals surface area contributed by atoms with Crippen LogP contribution in [0.25, 0.3) is 11.3 Å². The smallest absolute Gasteiger partial charge is 0.228 e. The Labute approximate surface area is 189 Å². The highest BCUT2D eigenvalue weighted by atomic mass is 16.5. The van der Waals surface area contributed by atoms with Crippen molar-refractivity contribution < 1.29 is 9.26 Å². The highest BCUT2D eigenvalue weighted by Gasteiger charge is 2.15. The maximum Gasteiger partial charge on any atom is 0.228 e. The summed E-state index contributed by atoms with van der Waals surface area (Å²) in [6.07, 6.45) is 13.6. The van der Waals surface area contributed by atoms with Gasteiger partial charge in [-0.05, 0) is 36.4 Å². The molecule has 0 saturated carbocycles. The molecule has 2 heterocycles. The van der Waals surface area contributed by atoms with Gasteiger partial charge >= 0.3 is 0 Å². The minimum atomic E-state index is 0.721. The summed E-state index contributed by atoms with van der Waals surface area (Å²) >= 11 is 0. The molecule has 5 nitrogen and oxygen atoms in total. The first-order valence-corrected chi connectivity index (χ1v) is 11.0. The summed E-state index contributed by atoms with van der Waals surface area (Å²) in [5, 5.41) is 4.32. The molecular formula is C27H29N3O2. The van der Waals surface area contributed by atoms with Crippen LogP contribution in [-0.4, -0.2) is 36.8 Å². The van der Waals surface area contributed by atoms with E-state index in [0.717, 1.165) is 55.5 Å². The van der Waals surface area contributed by atoms with Crippen LogP contribution in [0.2, 0.25) is 0 Å². The average molecular weight is 428 g/mol. The number of rotatable bonds is 9. The van der Waals surface area contributed by atoms with Crippen molar-refractivity contribution in [1.29, 1.82) is 0 Å². The Kier molecular flexibility index (Phi) is 7.42. The first kappa shape index (κ1) is 21.5. The highest BCUT2D eigenvalue weighted by Crippen LogP contribution is 2.26. The Hall–Kier alpha value is -3.73. The summed E-state index contributed by atoms with van der Waals surface area (Å²) in [5.74, 6) is 1.63. The van der Waals surface area contributed by atoms with Gasteiger partial charge in [0.2, 0.25) is 5.88 Å². The van der Waals surface area contributed by atoms with Gasteiger partial charge in [-0.2, -0.15) is 0 Å². The van der Waals surface area contributed by atoms with E-state index in [9.17, 15) is 0 Å². The summed E-state index contributed by atoms with van der Waals surface area (Å²) in [4.78, 5) is 4.57. The van der Waals surface area contributed by atoms with Crippen LogP contribution in [-0.2, 0) is 6.54 Å². The van der Waals surface area contributed by atoms with E-state index >= 15 is 0 Å². The number of hydrogen-bond acceptors (Lipinski definition) is 5. The van der Waals surface area contributed by atoms with Crippen molar-refractivity contribution in [2.45, 2.75) is 13.0 Å². The topological polar surface area (TPSA) is 41.7 Å². The zero-order valence-electron chi connectivity index (χ0n) is 18.4. The SMILES string of the molecule is COc1cccc(CN(CCCN2C=C/C=C\C=C/C2)c2cc(-c3ccccc3)no2)c1. The molecule has 0 amide bonds. The molecule has 0 aliphatic carbocycles. The molecule has 3 aromatic rings. The average Bonchev–Trinajstić information content (AvgIpc) is 3.31. The van der Waals surface area contributed by atoms with Gasteiger partial charge in [0.1, 0.15) is 11.4 Å². The molecule has 0 atom stereocenters. The Morgan fingerprint density at radius 3 is 2.75 bits per heavy atom. The van der Waals surface area contributed by atoms with Crippen molar-refractivity contribution in [2.24, 2.45) is 0 Å². The lowest BCUT2D eigenvalue weighted by atomic mass is 10.1. The van der Waals surface area contributed by atoms with Gasteiger partial charge in [0.25, 0.3) is 0 Å². The number of ether oxygens (including phenoxy) is 1. The number of allylic oxidation sites excluding steroid dienone is 4. The Morgan fingerprint density at radius 2 is 1.88 bits per heavy atom. The van der Waals surface area contributed by atoms with E-state index in [2.05, 4.69) is 63.7 Å². The van der Waals surface area contributed by atoms with E-state index in [4.69, 9.17) is 9.26 Å². The largest absolute Gasteiger partial charge is 0.497 e. The molecule has 1 aromatic heterocycles. The van der Waals surface area contributed by atoms with E-state index in [1.165, 1.54) is 5.56 Å². The van der Waals surface area contributed by atoms with Gasteiger partial charge in [-0.15, -0.1) is 0 Å². The molecule has 4 rings (SSSR count). The molecule has 0 radical (unpaired) electrons. The second-order valence-corrected chi connectivity index (χ2v) is 7.69. The Bertz CT molecular complexity index is 1070. The molecule has 5 heteroatoms. The number of hydrogen-bond donors (Lipinski definition) is 0. The van der Waals surface area contributed by atoms with Crippen LogP contribution in [0.15, 0.2) is 102 Å². The van der Waals surface area contributed by atoms with Gasteiger partial charge in [0.05, 0.1) is 7.11 Å². The monoisotopic (exact) mass is 427 g/mol. The van der Waals surface area contributed by atoms with Crippen molar-refractivity contribution in [1.82, 2.24) is 10.1 Å². The summed E-state index contributed by atoms with van der Waals surface area (Å²) in [6, 6.07) is 20.3. The fourth-order valence-electron chi connectivity index (χ4n) is 3.68. The molecule has 32 heavy (non-hydrogen) atoms. The number of benzene rings is 2. The second-order valence-electron chi connectivity index (χ2n) is 7.69. The van der Waals surface area contributed by atoms with Gasteiger partial charge in [0, 0.05) is 37.8 Å². The molecule has 164 valence electrons. The first-order valence-electron chi connectivity index (χ1n) is 11.0. The quantitative estimate of drug-likeness (QED) is 0.439. The highest BCUT2D eigenvalue weighted by molar-refractivity contribution is 5.62. The van der Waals surface area contributed by atoms with Gasteiger partial charge in [-0.25, -0.2) is 0 Å². The molecule has 0 bridgehead atoms. The summed E-state index contributed by atoms with van der Waals surface area (Å²) in [7, 11) is 1.69. The maximum atomic E-state index is 5.79. The molecular weight excluding hydrogens is 398 g/mol. The number of aromatic nitrogens is 1. The number of nitrogens with zero attached hydrogens (tertiary/aromatic N) is 3. The van der Waals surface area contributed by atoms with Gasteiger partial charge in [-0.1, -0.05) is 71.9 Å². The third-order valence-corrected chi connectivity index (χ3v) is 5.37. The predicted octanol–water partition coefficient (Wildman–Crippen LogP) is 5.69. The minimum Gasteiger partial charge on any atom is -0.497 e. The van der Waals surface area contributed by atoms with Crippen LogP contribution >= 0.6 is 0 Å². The standard InChI is InChI=1S/C27H29N3O2/c1-31-25-15-10-12-23(20-25)22-30(19-11-18-29-16-8-3-2-4-9-17-29)27-21-26(28-32-27)24-13-6-5-7-14-24/h2-10,12-16,20-21H,11,17-19,22H2,1H3/b3-2-,9-4-,16-8?. The first-order chi connectivity index (χ1) is 15.8. The zero-order chi connectivity index (χ0) is 22.0. The second kappa shape index (κ2) is 11.0. The van der Waals surface area contributed by atoms with Gasteiger partial charge in [0.15, 0.2) is 0 Å². The van der Waals surface area contributed by atoms with E-state index in [0.29, 0.717) is 0 Å². The van der Waals surface area contributed by atoms with Crippen LogP contribution in [0.3, 0.4) is 0 Å². The van der Waals surface area contributed by atoms with Crippen LogP contribution in [0.5, 0.6) is 5.75 Å². The lowest BCUT2D eigenvalue weighted by molar-refractivity contribution is 0.391. The van der Waals surface area contributed by atoms with Crippen LogP contribution < -0.4 is 9.64 Å². The normalized spacial score (nSPS) is 15.1. The minimum absolute atomic E-state index is 0.721. The van der Waals surface area contributed by atoms with Crippen LogP contribution in [0, 0.1) is 0 Å². The zero-order valence-corrected chi connectivity index (χ0v) is 18.4. The molecule has 0 N–H and O–H groups in total. The molecule has 2 aromatic carbocycles. The van der Waals surface area contributed by atoms with E-state index in [-0.39, 0.29) is 0 Å². The van der Waals surface area contributed by atoms with Gasteiger partial charge in [-0.3, -0.25) is 0 Å². The maximum absolute atomic E-state index is 5.79. The fourth-order valence-corrected chi connectivity index (χ4v) is 3.68. The lowest BCUT2D eigenvalue weighted by Gasteiger charge is -2.24. The summed E-state index contributed by atoms with van der Waals surface area (Å²) in [5.41, 5.74) is 3.07. The van der Waals surface area contributed by atoms with E-state index in [1.54, 1.807) is 7.11 Å². The summed E-state index contributed by atoms with van der Waals surface area (Å²) in [6.45, 7) is 3.45. The fraction of sp³-hybridized carbons (Fsp3) is 0.222. The Balaban J connectivity index is 1.48. The van der Waals surface area contributed by atoms with Crippen molar-refractivity contribution in [2.75, 3.05) is 31.6 Å². The Morgan fingerprint density at radius 1 is 1.00 bits per heavy atom. The van der Waals surface area contributed by atoms with Crippen LogP contribution in [0.1, 0.15) is 12.0 Å². The van der Waals surface area contributed by atoms with Gasteiger partial charge < -0.3 is 19.1 Å². The summed E-state index contributed by atoms with van der Waals surface area (Å²) < 4.78 is 11.2. The molecule has 1 aliphatic rings. The number of methoxy groups -OCH3 is 1. The van der Waals surface area contributed by atoms with E-state index < -0.39 is 0 Å². The molecule has 0 fully saturated rings. The molecule has 0 spiro atoms. The van der Waals surface area contributed by atoms with E-state index in [1.807, 2.05) is 48.5 Å². The molecule has 0 saturated heterocycles. The van der Waals surface area contributed by atoms with Crippen molar-refractivity contribution in [3.63, 3.8) is 0 Å². The van der Waals surface area contributed by atoms with Crippen LogP contribution in [0.4, 0.5) is 5.88 Å². The number of anilines is 1. The third kappa shape index (κ3) is 5.91. The lowest BCUT2D eigenvalue weighted by Crippen LogP contribution is -2.27. The van der Waals surface area contributed by atoms with Crippen molar-refractivity contribution in [3.8, 4) is 17.0 Å². The third-order valence-electron chi connectivity index (χ3n) is 5.37. The van der Waals surface area contributed by atoms with Crippen molar-refractivity contribution >= 4 is 5.88 Å². The van der Waals surface area contributed by atoms with Crippen molar-refractivity contribution in [3.05, 3.63) is 103 Å². The molecule has 0 unspecified atom stereocenters. The molecule has 1 aliphatic heterocycles.